The van der Waals surface area contributed by atoms with E-state index in [1.54, 1.807) is 11.1 Å². The molecular weight excluding hydrogens is 220 g/mol. The van der Waals surface area contributed by atoms with Crippen LogP contribution in [0, 0.1) is 5.92 Å². The highest BCUT2D eigenvalue weighted by Gasteiger charge is 2.18. The first-order valence-electron chi connectivity index (χ1n) is 7.92. The van der Waals surface area contributed by atoms with Crippen LogP contribution in [0.4, 0.5) is 0 Å². The molecule has 0 aromatic rings. The molecule has 0 saturated carbocycles. The summed E-state index contributed by atoms with van der Waals surface area (Å²) in [5, 5.41) is 0. The summed E-state index contributed by atoms with van der Waals surface area (Å²) in [6, 6.07) is 0. The second-order valence-electron chi connectivity index (χ2n) is 5.82. The van der Waals surface area contributed by atoms with Crippen molar-refractivity contribution in [1.29, 1.82) is 0 Å². The van der Waals surface area contributed by atoms with E-state index < -0.39 is 0 Å². The van der Waals surface area contributed by atoms with E-state index >= 15 is 0 Å². The van der Waals surface area contributed by atoms with Crippen LogP contribution in [0.2, 0.25) is 0 Å². The summed E-state index contributed by atoms with van der Waals surface area (Å²) in [6.45, 7) is 3.17. The van der Waals surface area contributed by atoms with Crippen LogP contribution in [-0.4, -0.2) is 6.61 Å². The molecule has 1 heteroatoms. The van der Waals surface area contributed by atoms with Gasteiger partial charge in [-0.25, -0.2) is 0 Å². The average molecular weight is 248 g/mol. The molecule has 0 saturated heterocycles. The van der Waals surface area contributed by atoms with E-state index in [1.165, 1.54) is 64.2 Å². The fraction of sp³-hybridized carbons (Fsp3) is 0.765. The normalized spacial score (nSPS) is 26.2. The van der Waals surface area contributed by atoms with Crippen LogP contribution in [0.25, 0.3) is 0 Å². The molecule has 2 rings (SSSR count). The highest BCUT2D eigenvalue weighted by molar-refractivity contribution is 5.30. The zero-order chi connectivity index (χ0) is 12.6. The summed E-state index contributed by atoms with van der Waals surface area (Å²) in [5.74, 6) is 0.795. The van der Waals surface area contributed by atoms with E-state index in [0.29, 0.717) is 0 Å². The number of allylic oxidation sites excluding steroid dienone is 2. The van der Waals surface area contributed by atoms with Crippen LogP contribution in [0.1, 0.15) is 71.1 Å². The zero-order valence-corrected chi connectivity index (χ0v) is 11.9. The van der Waals surface area contributed by atoms with Crippen molar-refractivity contribution in [2.24, 2.45) is 5.92 Å². The lowest BCUT2D eigenvalue weighted by molar-refractivity contribution is 0.265. The topological polar surface area (TPSA) is 9.23 Å². The summed E-state index contributed by atoms with van der Waals surface area (Å²) < 4.78 is 5.53. The molecule has 0 fully saturated rings. The number of hydrogen-bond donors (Lipinski definition) is 0. The smallest absolute Gasteiger partial charge is 0.109 e. The van der Waals surface area contributed by atoms with Crippen molar-refractivity contribution in [1.82, 2.24) is 0 Å². The molecule has 1 aliphatic heterocycles. The summed E-state index contributed by atoms with van der Waals surface area (Å²) in [6.07, 6.45) is 18.0. The maximum absolute atomic E-state index is 5.53. The number of ether oxygens (including phenoxy) is 1. The van der Waals surface area contributed by atoms with Crippen molar-refractivity contribution in [3.63, 3.8) is 0 Å². The van der Waals surface area contributed by atoms with Gasteiger partial charge in [0.25, 0.3) is 0 Å². The van der Waals surface area contributed by atoms with Crippen molar-refractivity contribution in [2.75, 3.05) is 6.61 Å². The number of rotatable bonds is 2. The fourth-order valence-corrected chi connectivity index (χ4v) is 3.35. The molecule has 1 aliphatic carbocycles. The largest absolute Gasteiger partial charge is 0.497 e. The van der Waals surface area contributed by atoms with Gasteiger partial charge in [0.2, 0.25) is 0 Å². The van der Waals surface area contributed by atoms with E-state index in [9.17, 15) is 0 Å². The van der Waals surface area contributed by atoms with Gasteiger partial charge in [0.1, 0.15) is 6.61 Å². The zero-order valence-electron chi connectivity index (χ0n) is 11.9. The molecule has 0 amide bonds. The van der Waals surface area contributed by atoms with E-state index in [0.717, 1.165) is 12.5 Å². The molecule has 1 atom stereocenters. The summed E-state index contributed by atoms with van der Waals surface area (Å²) >= 11 is 0. The first-order valence-corrected chi connectivity index (χ1v) is 7.92. The van der Waals surface area contributed by atoms with Gasteiger partial charge in [-0.1, -0.05) is 45.4 Å². The van der Waals surface area contributed by atoms with E-state index in [-0.39, 0.29) is 0 Å². The van der Waals surface area contributed by atoms with Crippen molar-refractivity contribution >= 4 is 0 Å². The lowest BCUT2D eigenvalue weighted by Gasteiger charge is -2.24. The first-order chi connectivity index (χ1) is 8.92. The van der Waals surface area contributed by atoms with Gasteiger partial charge in [0.05, 0.1) is 6.26 Å². The van der Waals surface area contributed by atoms with Crippen molar-refractivity contribution in [3.05, 3.63) is 23.5 Å². The van der Waals surface area contributed by atoms with Crippen LogP contribution < -0.4 is 0 Å². The van der Waals surface area contributed by atoms with Gasteiger partial charge in [-0.2, -0.15) is 0 Å². The second-order valence-corrected chi connectivity index (χ2v) is 5.82. The van der Waals surface area contributed by atoms with Gasteiger partial charge in [0.15, 0.2) is 0 Å². The monoisotopic (exact) mass is 248 g/mol. The summed E-state index contributed by atoms with van der Waals surface area (Å²) in [4.78, 5) is 0. The molecule has 102 valence electrons. The molecule has 2 aliphatic rings. The minimum absolute atomic E-state index is 0.795. The second kappa shape index (κ2) is 7.66. The molecule has 0 bridgehead atoms. The Morgan fingerprint density at radius 3 is 2.72 bits per heavy atom. The van der Waals surface area contributed by atoms with Crippen molar-refractivity contribution in [3.8, 4) is 0 Å². The standard InChI is InChI=1S/C17H28O/c1-2-9-15-10-7-5-3-4-6-8-11-16-14-18-13-12-17(15)16/h12-13,15H,2-11,14H2,1H3. The third-order valence-corrected chi connectivity index (χ3v) is 4.37. The van der Waals surface area contributed by atoms with Gasteiger partial charge >= 0.3 is 0 Å². The third kappa shape index (κ3) is 3.90. The molecule has 0 aromatic carbocycles. The Bertz CT molecular complexity index is 301. The highest BCUT2D eigenvalue weighted by Crippen LogP contribution is 2.32. The van der Waals surface area contributed by atoms with Gasteiger partial charge < -0.3 is 4.74 Å². The SMILES string of the molecule is CCCC1CCCCCCCCC2=C1C=COC2. The van der Waals surface area contributed by atoms with Crippen LogP contribution >= 0.6 is 0 Å². The maximum Gasteiger partial charge on any atom is 0.109 e. The summed E-state index contributed by atoms with van der Waals surface area (Å²) in [7, 11) is 0. The van der Waals surface area contributed by atoms with Crippen LogP contribution in [0.5, 0.6) is 0 Å². The molecule has 0 aromatic heterocycles. The predicted molar refractivity (Wildman–Crippen MR) is 77.5 cm³/mol. The minimum Gasteiger partial charge on any atom is -0.497 e. The fourth-order valence-electron chi connectivity index (χ4n) is 3.35. The quantitative estimate of drug-likeness (QED) is 0.637. The molecule has 1 unspecified atom stereocenters. The molecule has 0 radical (unpaired) electrons. The van der Waals surface area contributed by atoms with Crippen LogP contribution in [0.15, 0.2) is 23.5 Å². The molecule has 0 spiro atoms. The van der Waals surface area contributed by atoms with E-state index in [2.05, 4.69) is 13.0 Å². The average Bonchev–Trinajstić information content (AvgIpc) is 2.44. The Morgan fingerprint density at radius 2 is 1.89 bits per heavy atom. The Hall–Kier alpha value is -0.720. The molecule has 18 heavy (non-hydrogen) atoms. The number of hydrogen-bond acceptors (Lipinski definition) is 1. The van der Waals surface area contributed by atoms with Crippen LogP contribution in [-0.2, 0) is 4.74 Å². The van der Waals surface area contributed by atoms with Crippen LogP contribution in [0.3, 0.4) is 0 Å². The lowest BCUT2D eigenvalue weighted by Crippen LogP contribution is -2.11. The van der Waals surface area contributed by atoms with Crippen molar-refractivity contribution in [2.45, 2.75) is 71.1 Å². The van der Waals surface area contributed by atoms with Crippen molar-refractivity contribution < 1.29 is 4.74 Å². The van der Waals surface area contributed by atoms with Gasteiger partial charge in [0, 0.05) is 0 Å². The third-order valence-electron chi connectivity index (χ3n) is 4.37. The molecule has 0 N–H and O–H groups in total. The van der Waals surface area contributed by atoms with Gasteiger partial charge in [-0.15, -0.1) is 0 Å². The lowest BCUT2D eigenvalue weighted by atomic mass is 9.85. The van der Waals surface area contributed by atoms with E-state index in [4.69, 9.17) is 4.74 Å². The predicted octanol–water partition coefficient (Wildman–Crippen LogP) is 5.38. The molecule has 1 heterocycles. The highest BCUT2D eigenvalue weighted by atomic mass is 16.5. The van der Waals surface area contributed by atoms with Gasteiger partial charge in [-0.3, -0.25) is 0 Å². The minimum atomic E-state index is 0.795. The molecular formula is C17H28O. The Balaban J connectivity index is 2.12. The maximum atomic E-state index is 5.53. The Labute approximate surface area is 112 Å². The Kier molecular flexibility index (Phi) is 5.83. The van der Waals surface area contributed by atoms with E-state index in [1.807, 2.05) is 6.26 Å². The summed E-state index contributed by atoms with van der Waals surface area (Å²) in [5.41, 5.74) is 3.22. The van der Waals surface area contributed by atoms with Gasteiger partial charge in [-0.05, 0) is 48.8 Å². The first kappa shape index (κ1) is 13.7. The Morgan fingerprint density at radius 1 is 1.11 bits per heavy atom. The molecule has 1 nitrogen and oxygen atoms in total.